The molecule has 19 heavy (non-hydrogen) atoms. The van der Waals surface area contributed by atoms with Crippen LogP contribution in [0.5, 0.6) is 0 Å². The summed E-state index contributed by atoms with van der Waals surface area (Å²) in [6.07, 6.45) is 1.08. The number of nitrogens with one attached hydrogen (secondary N) is 1. The van der Waals surface area contributed by atoms with Gasteiger partial charge in [-0.05, 0) is 18.4 Å². The van der Waals surface area contributed by atoms with E-state index >= 15 is 0 Å². The summed E-state index contributed by atoms with van der Waals surface area (Å²) >= 11 is 0. The number of benzene rings is 1. The van der Waals surface area contributed by atoms with Crippen LogP contribution in [0.15, 0.2) is 30.3 Å². The third kappa shape index (κ3) is 6.01. The third-order valence-electron chi connectivity index (χ3n) is 2.65. The van der Waals surface area contributed by atoms with Crippen molar-refractivity contribution in [3.05, 3.63) is 35.9 Å². The Kier molecular flexibility index (Phi) is 6.60. The average molecular weight is 265 g/mol. The molecule has 1 amide bonds. The van der Waals surface area contributed by atoms with E-state index in [0.29, 0.717) is 13.0 Å². The van der Waals surface area contributed by atoms with Crippen LogP contribution in [-0.2, 0) is 20.7 Å². The van der Waals surface area contributed by atoms with Crippen LogP contribution in [-0.4, -0.2) is 36.2 Å². The highest BCUT2D eigenvalue weighted by atomic mass is 16.5. The molecule has 1 aromatic rings. The van der Waals surface area contributed by atoms with Crippen molar-refractivity contribution in [3.63, 3.8) is 0 Å². The van der Waals surface area contributed by atoms with E-state index in [1.54, 1.807) is 6.92 Å². The van der Waals surface area contributed by atoms with Crippen molar-refractivity contribution < 1.29 is 19.4 Å². The van der Waals surface area contributed by atoms with Gasteiger partial charge in [0.25, 0.3) is 0 Å². The van der Waals surface area contributed by atoms with Gasteiger partial charge >= 0.3 is 5.97 Å². The number of hydrogen-bond acceptors (Lipinski definition) is 3. The summed E-state index contributed by atoms with van der Waals surface area (Å²) in [5.74, 6) is -1.43. The zero-order valence-electron chi connectivity index (χ0n) is 11.0. The molecule has 0 aliphatic carbocycles. The second-order valence-electron chi connectivity index (χ2n) is 4.15. The molecule has 104 valence electrons. The molecule has 0 aliphatic rings. The summed E-state index contributed by atoms with van der Waals surface area (Å²) in [6.45, 7) is 2.02. The summed E-state index contributed by atoms with van der Waals surface area (Å²) in [5.41, 5.74) is 1.14. The molecule has 5 nitrogen and oxygen atoms in total. The maximum absolute atomic E-state index is 11.4. The highest BCUT2D eigenvalue weighted by molar-refractivity contribution is 5.84. The molecule has 0 bridgehead atoms. The molecule has 0 heterocycles. The minimum absolute atomic E-state index is 0.114. The van der Waals surface area contributed by atoms with E-state index in [-0.39, 0.29) is 6.61 Å². The Morgan fingerprint density at radius 2 is 2.00 bits per heavy atom. The molecule has 1 aromatic carbocycles. The number of ether oxygens (including phenoxy) is 1. The zero-order chi connectivity index (χ0) is 14.1. The highest BCUT2D eigenvalue weighted by Gasteiger charge is 2.17. The van der Waals surface area contributed by atoms with Crippen LogP contribution in [0.1, 0.15) is 18.9 Å². The Morgan fingerprint density at radius 3 is 2.58 bits per heavy atom. The predicted molar refractivity (Wildman–Crippen MR) is 70.8 cm³/mol. The third-order valence-corrected chi connectivity index (χ3v) is 2.65. The zero-order valence-corrected chi connectivity index (χ0v) is 11.0. The SMILES string of the molecule is CCC(NC(=O)COCCc1ccccc1)C(=O)O. The van der Waals surface area contributed by atoms with E-state index in [9.17, 15) is 9.59 Å². The Bertz CT molecular complexity index is 405. The molecule has 0 aromatic heterocycles. The number of carboxylic acids is 1. The quantitative estimate of drug-likeness (QED) is 0.693. The molecule has 1 rings (SSSR count). The molecule has 1 atom stereocenters. The molecule has 5 heteroatoms. The maximum Gasteiger partial charge on any atom is 0.326 e. The number of rotatable bonds is 8. The lowest BCUT2D eigenvalue weighted by atomic mass is 10.2. The molecule has 2 N–H and O–H groups in total. The first kappa shape index (κ1) is 15.2. The lowest BCUT2D eigenvalue weighted by Crippen LogP contribution is -2.42. The van der Waals surface area contributed by atoms with Crippen LogP contribution >= 0.6 is 0 Å². The Labute approximate surface area is 112 Å². The first-order valence-corrected chi connectivity index (χ1v) is 6.27. The molecular weight excluding hydrogens is 246 g/mol. The minimum Gasteiger partial charge on any atom is -0.480 e. The van der Waals surface area contributed by atoms with Crippen LogP contribution in [0.4, 0.5) is 0 Å². The number of hydrogen-bond donors (Lipinski definition) is 2. The van der Waals surface area contributed by atoms with Crippen molar-refractivity contribution >= 4 is 11.9 Å². The van der Waals surface area contributed by atoms with Crippen molar-refractivity contribution in [3.8, 4) is 0 Å². The van der Waals surface area contributed by atoms with Crippen LogP contribution in [0.3, 0.4) is 0 Å². The lowest BCUT2D eigenvalue weighted by Gasteiger charge is -2.12. The summed E-state index contributed by atoms with van der Waals surface area (Å²) in [6, 6.07) is 8.96. The van der Waals surface area contributed by atoms with Gasteiger partial charge in [-0.25, -0.2) is 4.79 Å². The van der Waals surface area contributed by atoms with E-state index < -0.39 is 17.9 Å². The standard InChI is InChI=1S/C14H19NO4/c1-2-12(14(17)18)15-13(16)10-19-9-8-11-6-4-3-5-7-11/h3-7,12H,2,8-10H2,1H3,(H,15,16)(H,17,18). The van der Waals surface area contributed by atoms with Gasteiger partial charge in [0.05, 0.1) is 6.61 Å². The van der Waals surface area contributed by atoms with Gasteiger partial charge in [0, 0.05) is 0 Å². The fourth-order valence-electron chi connectivity index (χ4n) is 1.57. The van der Waals surface area contributed by atoms with E-state index in [4.69, 9.17) is 9.84 Å². The summed E-state index contributed by atoms with van der Waals surface area (Å²) in [4.78, 5) is 22.2. The molecule has 0 saturated heterocycles. The number of aliphatic carboxylic acids is 1. The second kappa shape index (κ2) is 8.26. The van der Waals surface area contributed by atoms with E-state index in [0.717, 1.165) is 12.0 Å². The van der Waals surface area contributed by atoms with Crippen LogP contribution < -0.4 is 5.32 Å². The van der Waals surface area contributed by atoms with Crippen molar-refractivity contribution in [1.29, 1.82) is 0 Å². The van der Waals surface area contributed by atoms with Gasteiger partial charge in [0.1, 0.15) is 12.6 Å². The van der Waals surface area contributed by atoms with Crippen molar-refractivity contribution in [2.75, 3.05) is 13.2 Å². The Balaban J connectivity index is 2.19. The molecule has 0 radical (unpaired) electrons. The van der Waals surface area contributed by atoms with Crippen molar-refractivity contribution in [2.45, 2.75) is 25.8 Å². The van der Waals surface area contributed by atoms with Crippen LogP contribution in [0, 0.1) is 0 Å². The fourth-order valence-corrected chi connectivity index (χ4v) is 1.57. The van der Waals surface area contributed by atoms with Crippen LogP contribution in [0.2, 0.25) is 0 Å². The maximum atomic E-state index is 11.4. The first-order valence-electron chi connectivity index (χ1n) is 6.27. The molecule has 0 saturated carbocycles. The Morgan fingerprint density at radius 1 is 1.32 bits per heavy atom. The van der Waals surface area contributed by atoms with E-state index in [2.05, 4.69) is 5.32 Å². The van der Waals surface area contributed by atoms with Gasteiger partial charge in [-0.1, -0.05) is 37.3 Å². The van der Waals surface area contributed by atoms with E-state index in [1.165, 1.54) is 0 Å². The molecular formula is C14H19NO4. The number of amides is 1. The number of carbonyl (C=O) groups is 2. The van der Waals surface area contributed by atoms with Crippen LogP contribution in [0.25, 0.3) is 0 Å². The topological polar surface area (TPSA) is 75.6 Å². The largest absolute Gasteiger partial charge is 0.480 e. The number of carboxylic acid groups (broad SMARTS) is 1. The number of carbonyl (C=O) groups excluding carboxylic acids is 1. The van der Waals surface area contributed by atoms with Gasteiger partial charge in [0.2, 0.25) is 5.91 Å². The highest BCUT2D eigenvalue weighted by Crippen LogP contribution is 1.99. The normalized spacial score (nSPS) is 11.8. The van der Waals surface area contributed by atoms with Crippen molar-refractivity contribution in [1.82, 2.24) is 5.32 Å². The first-order chi connectivity index (χ1) is 9.13. The summed E-state index contributed by atoms with van der Waals surface area (Å²) < 4.78 is 5.22. The monoisotopic (exact) mass is 265 g/mol. The van der Waals surface area contributed by atoms with E-state index in [1.807, 2.05) is 30.3 Å². The minimum atomic E-state index is -1.03. The van der Waals surface area contributed by atoms with Gasteiger partial charge in [0.15, 0.2) is 0 Å². The molecule has 0 spiro atoms. The lowest BCUT2D eigenvalue weighted by molar-refractivity contribution is -0.142. The second-order valence-corrected chi connectivity index (χ2v) is 4.15. The predicted octanol–water partition coefficient (Wildman–Crippen LogP) is 1.23. The summed E-state index contributed by atoms with van der Waals surface area (Å²) in [7, 11) is 0. The molecule has 0 aliphatic heterocycles. The van der Waals surface area contributed by atoms with Gasteiger partial charge in [-0.2, -0.15) is 0 Å². The van der Waals surface area contributed by atoms with Gasteiger partial charge in [-0.3, -0.25) is 4.79 Å². The smallest absolute Gasteiger partial charge is 0.326 e. The molecule has 1 unspecified atom stereocenters. The van der Waals surface area contributed by atoms with Gasteiger partial charge < -0.3 is 15.2 Å². The summed E-state index contributed by atoms with van der Waals surface area (Å²) in [5, 5.41) is 11.2. The Hall–Kier alpha value is -1.88. The average Bonchev–Trinajstić information content (AvgIpc) is 2.42. The van der Waals surface area contributed by atoms with Crippen molar-refractivity contribution in [2.24, 2.45) is 0 Å². The fraction of sp³-hybridized carbons (Fsp3) is 0.429. The molecule has 0 fully saturated rings. The van der Waals surface area contributed by atoms with Gasteiger partial charge in [-0.15, -0.1) is 0 Å².